The minimum absolute atomic E-state index is 0.0651. The Bertz CT molecular complexity index is 447. The second kappa shape index (κ2) is 5.38. The van der Waals surface area contributed by atoms with Crippen LogP contribution in [-0.2, 0) is 0 Å². The van der Waals surface area contributed by atoms with E-state index < -0.39 is 11.8 Å². The number of carbonyl (C=O) groups is 1. The van der Waals surface area contributed by atoms with Gasteiger partial charge in [-0.15, -0.1) is 0 Å². The Morgan fingerprint density at radius 1 is 1.50 bits per heavy atom. The van der Waals surface area contributed by atoms with Gasteiger partial charge in [0.1, 0.15) is 5.82 Å². The minimum atomic E-state index is -1.06. The average Bonchev–Trinajstić information content (AvgIpc) is 2.38. The van der Waals surface area contributed by atoms with E-state index in [2.05, 4.69) is 6.92 Å². The molecule has 1 atom stereocenters. The predicted octanol–water partition coefficient (Wildman–Crippen LogP) is 3.29. The molecule has 1 unspecified atom stereocenters. The highest BCUT2D eigenvalue weighted by atomic mass is 19.1. The summed E-state index contributed by atoms with van der Waals surface area (Å²) >= 11 is 0. The Morgan fingerprint density at radius 2 is 2.28 bits per heavy atom. The molecule has 0 saturated carbocycles. The summed E-state index contributed by atoms with van der Waals surface area (Å²) in [5, 5.41) is 9.19. The van der Waals surface area contributed by atoms with Gasteiger partial charge in [-0.25, -0.2) is 9.18 Å². The van der Waals surface area contributed by atoms with Gasteiger partial charge in [0.25, 0.3) is 0 Å². The predicted molar refractivity (Wildman–Crippen MR) is 68.6 cm³/mol. The van der Waals surface area contributed by atoms with Crippen LogP contribution in [0.4, 0.5) is 10.1 Å². The highest BCUT2D eigenvalue weighted by Crippen LogP contribution is 2.31. The molecule has 0 radical (unpaired) electrons. The van der Waals surface area contributed by atoms with Gasteiger partial charge in [-0.1, -0.05) is 13.0 Å². The lowest BCUT2D eigenvalue weighted by molar-refractivity contribution is 0.0697. The van der Waals surface area contributed by atoms with Crippen molar-refractivity contribution in [3.8, 4) is 0 Å². The van der Waals surface area contributed by atoms with E-state index in [1.165, 1.54) is 18.2 Å². The van der Waals surface area contributed by atoms with Gasteiger partial charge in [-0.3, -0.25) is 0 Å². The number of rotatable bonds is 3. The molecule has 18 heavy (non-hydrogen) atoms. The fourth-order valence-electron chi connectivity index (χ4n) is 2.70. The highest BCUT2D eigenvalue weighted by molar-refractivity contribution is 5.94. The van der Waals surface area contributed by atoms with Crippen LogP contribution in [0, 0.1) is 5.82 Å². The molecular weight excluding hydrogens is 233 g/mol. The fourth-order valence-corrected chi connectivity index (χ4v) is 2.70. The van der Waals surface area contributed by atoms with Gasteiger partial charge < -0.3 is 10.0 Å². The standard InChI is InChI=1S/C14H18FNO2/c1-2-10-6-3-4-9-16(10)13-11(14(17)18)7-5-8-12(13)15/h5,7-8,10H,2-4,6,9H2,1H3,(H,17,18). The van der Waals surface area contributed by atoms with Gasteiger partial charge in [-0.2, -0.15) is 0 Å². The van der Waals surface area contributed by atoms with E-state index in [9.17, 15) is 14.3 Å². The Balaban J connectivity index is 2.44. The maximum atomic E-state index is 14.0. The zero-order chi connectivity index (χ0) is 13.1. The summed E-state index contributed by atoms with van der Waals surface area (Å²) in [6.45, 7) is 2.80. The summed E-state index contributed by atoms with van der Waals surface area (Å²) < 4.78 is 14.0. The average molecular weight is 251 g/mol. The lowest BCUT2D eigenvalue weighted by atomic mass is 9.97. The number of hydrogen-bond acceptors (Lipinski definition) is 2. The summed E-state index contributed by atoms with van der Waals surface area (Å²) in [6.07, 6.45) is 4.03. The molecule has 0 aromatic heterocycles. The van der Waals surface area contributed by atoms with E-state index in [1.807, 2.05) is 4.90 Å². The molecule has 0 spiro atoms. The lowest BCUT2D eigenvalue weighted by Gasteiger charge is -2.38. The molecule has 1 heterocycles. The van der Waals surface area contributed by atoms with Crippen LogP contribution in [0.15, 0.2) is 18.2 Å². The van der Waals surface area contributed by atoms with Gasteiger partial charge in [0.05, 0.1) is 11.3 Å². The quantitative estimate of drug-likeness (QED) is 0.896. The molecule has 1 fully saturated rings. The van der Waals surface area contributed by atoms with E-state index in [-0.39, 0.29) is 17.3 Å². The lowest BCUT2D eigenvalue weighted by Crippen LogP contribution is -2.40. The molecule has 0 aliphatic carbocycles. The zero-order valence-electron chi connectivity index (χ0n) is 10.5. The van der Waals surface area contributed by atoms with Crippen LogP contribution < -0.4 is 4.90 Å². The number of para-hydroxylation sites is 1. The highest BCUT2D eigenvalue weighted by Gasteiger charge is 2.27. The van der Waals surface area contributed by atoms with Crippen molar-refractivity contribution in [2.45, 2.75) is 38.6 Å². The zero-order valence-corrected chi connectivity index (χ0v) is 10.5. The maximum absolute atomic E-state index is 14.0. The van der Waals surface area contributed by atoms with Crippen LogP contribution in [0.2, 0.25) is 0 Å². The number of halogens is 1. The smallest absolute Gasteiger partial charge is 0.337 e. The molecule has 1 N–H and O–H groups in total. The van der Waals surface area contributed by atoms with Crippen molar-refractivity contribution in [3.05, 3.63) is 29.6 Å². The number of aromatic carboxylic acids is 1. The number of anilines is 1. The van der Waals surface area contributed by atoms with Crippen LogP contribution in [0.5, 0.6) is 0 Å². The third-order valence-corrected chi connectivity index (χ3v) is 3.60. The third kappa shape index (κ3) is 2.33. The van der Waals surface area contributed by atoms with Crippen molar-refractivity contribution in [1.82, 2.24) is 0 Å². The Morgan fingerprint density at radius 3 is 2.94 bits per heavy atom. The van der Waals surface area contributed by atoms with Crippen molar-refractivity contribution < 1.29 is 14.3 Å². The number of hydrogen-bond donors (Lipinski definition) is 1. The van der Waals surface area contributed by atoms with E-state index in [4.69, 9.17) is 0 Å². The van der Waals surface area contributed by atoms with Gasteiger partial charge in [-0.05, 0) is 37.8 Å². The van der Waals surface area contributed by atoms with Crippen molar-refractivity contribution in [3.63, 3.8) is 0 Å². The summed E-state index contributed by atoms with van der Waals surface area (Å²) in [7, 11) is 0. The van der Waals surface area contributed by atoms with E-state index in [0.29, 0.717) is 0 Å². The molecular formula is C14H18FNO2. The van der Waals surface area contributed by atoms with Crippen LogP contribution in [0.1, 0.15) is 43.0 Å². The second-order valence-corrected chi connectivity index (χ2v) is 4.69. The summed E-state index contributed by atoms with van der Waals surface area (Å²) in [6, 6.07) is 4.51. The topological polar surface area (TPSA) is 40.5 Å². The second-order valence-electron chi connectivity index (χ2n) is 4.69. The number of carboxylic acid groups (broad SMARTS) is 1. The Hall–Kier alpha value is -1.58. The summed E-state index contributed by atoms with van der Waals surface area (Å²) in [5.74, 6) is -1.50. The fraction of sp³-hybridized carbons (Fsp3) is 0.500. The molecule has 2 rings (SSSR count). The summed E-state index contributed by atoms with van der Waals surface area (Å²) in [4.78, 5) is 13.2. The Kier molecular flexibility index (Phi) is 3.84. The minimum Gasteiger partial charge on any atom is -0.478 e. The van der Waals surface area contributed by atoms with Crippen molar-refractivity contribution in [2.24, 2.45) is 0 Å². The number of piperidine rings is 1. The van der Waals surface area contributed by atoms with Crippen LogP contribution in [-0.4, -0.2) is 23.7 Å². The largest absolute Gasteiger partial charge is 0.478 e. The Labute approximate surface area is 106 Å². The molecule has 3 nitrogen and oxygen atoms in total. The molecule has 0 amide bonds. The molecule has 4 heteroatoms. The SMILES string of the molecule is CCC1CCCCN1c1c(F)cccc1C(=O)O. The van der Waals surface area contributed by atoms with E-state index in [1.54, 1.807) is 0 Å². The number of nitrogens with zero attached hydrogens (tertiary/aromatic N) is 1. The van der Waals surface area contributed by atoms with E-state index in [0.717, 1.165) is 32.2 Å². The number of benzene rings is 1. The number of carboxylic acids is 1. The maximum Gasteiger partial charge on any atom is 0.337 e. The first-order valence-corrected chi connectivity index (χ1v) is 6.43. The molecule has 1 aromatic rings. The third-order valence-electron chi connectivity index (χ3n) is 3.60. The molecule has 1 saturated heterocycles. The molecule has 98 valence electrons. The molecule has 0 bridgehead atoms. The van der Waals surface area contributed by atoms with Crippen LogP contribution >= 0.6 is 0 Å². The van der Waals surface area contributed by atoms with Crippen molar-refractivity contribution in [1.29, 1.82) is 0 Å². The van der Waals surface area contributed by atoms with Crippen LogP contribution in [0.3, 0.4) is 0 Å². The van der Waals surface area contributed by atoms with Crippen molar-refractivity contribution >= 4 is 11.7 Å². The molecule has 1 aromatic carbocycles. The van der Waals surface area contributed by atoms with Gasteiger partial charge in [0.15, 0.2) is 0 Å². The first kappa shape index (κ1) is 12.9. The monoisotopic (exact) mass is 251 g/mol. The molecule has 1 aliphatic heterocycles. The van der Waals surface area contributed by atoms with Gasteiger partial charge in [0.2, 0.25) is 0 Å². The first-order chi connectivity index (χ1) is 8.65. The summed E-state index contributed by atoms with van der Waals surface area (Å²) in [5.41, 5.74) is 0.326. The van der Waals surface area contributed by atoms with Gasteiger partial charge >= 0.3 is 5.97 Å². The van der Waals surface area contributed by atoms with Gasteiger partial charge in [0, 0.05) is 12.6 Å². The van der Waals surface area contributed by atoms with E-state index >= 15 is 0 Å². The normalized spacial score (nSPS) is 19.9. The first-order valence-electron chi connectivity index (χ1n) is 6.43. The molecule has 1 aliphatic rings. The van der Waals surface area contributed by atoms with Crippen LogP contribution in [0.25, 0.3) is 0 Å². The van der Waals surface area contributed by atoms with Crippen molar-refractivity contribution in [2.75, 3.05) is 11.4 Å².